The monoisotopic (exact) mass is 262 g/mol. The first-order valence-corrected chi connectivity index (χ1v) is 7.07. The van der Waals surface area contributed by atoms with Gasteiger partial charge in [-0.25, -0.2) is 0 Å². The van der Waals surface area contributed by atoms with Gasteiger partial charge in [0.1, 0.15) is 6.07 Å². The van der Waals surface area contributed by atoms with Crippen LogP contribution in [0.2, 0.25) is 0 Å². The number of aryl methyl sites for hydroxylation is 3. The molecule has 0 aromatic heterocycles. The van der Waals surface area contributed by atoms with E-state index in [1.54, 1.807) is 0 Å². The van der Waals surface area contributed by atoms with Gasteiger partial charge in [0, 0.05) is 12.2 Å². The van der Waals surface area contributed by atoms with E-state index in [1.807, 2.05) is 13.0 Å². The molecular weight excluding hydrogens is 244 g/mol. The smallest absolute Gasteiger partial charge is 0.101 e. The van der Waals surface area contributed by atoms with Crippen LogP contribution in [0, 0.1) is 25.2 Å². The minimum Gasteiger partial charge on any atom is -0.340 e. The minimum absolute atomic E-state index is 0.762. The van der Waals surface area contributed by atoms with Gasteiger partial charge in [-0.3, -0.25) is 0 Å². The van der Waals surface area contributed by atoms with Crippen molar-refractivity contribution in [2.45, 2.75) is 26.7 Å². The van der Waals surface area contributed by atoms with Gasteiger partial charge in [-0.05, 0) is 56.0 Å². The highest BCUT2D eigenvalue weighted by molar-refractivity contribution is 5.73. The van der Waals surface area contributed by atoms with E-state index in [0.717, 1.165) is 36.2 Å². The average molecular weight is 262 g/mol. The second-order valence-electron chi connectivity index (χ2n) is 5.52. The molecule has 2 aromatic carbocycles. The van der Waals surface area contributed by atoms with Crippen LogP contribution >= 0.6 is 0 Å². The number of nitrogens with zero attached hydrogens (tertiary/aromatic N) is 2. The van der Waals surface area contributed by atoms with Gasteiger partial charge in [-0.1, -0.05) is 23.8 Å². The van der Waals surface area contributed by atoms with E-state index in [0.29, 0.717) is 0 Å². The van der Waals surface area contributed by atoms with Gasteiger partial charge in [-0.2, -0.15) is 5.26 Å². The SMILES string of the molecule is Cc1ccc(N2CCCc3cc(C)ccc32)c(C#N)c1. The zero-order valence-electron chi connectivity index (χ0n) is 12.0. The third kappa shape index (κ3) is 2.16. The minimum atomic E-state index is 0.762. The van der Waals surface area contributed by atoms with Crippen molar-refractivity contribution in [3.63, 3.8) is 0 Å². The molecule has 0 amide bonds. The summed E-state index contributed by atoms with van der Waals surface area (Å²) in [5, 5.41) is 9.39. The van der Waals surface area contributed by atoms with Crippen LogP contribution in [0.5, 0.6) is 0 Å². The molecule has 0 saturated carbocycles. The van der Waals surface area contributed by atoms with E-state index in [4.69, 9.17) is 0 Å². The van der Waals surface area contributed by atoms with Crippen LogP contribution in [-0.2, 0) is 6.42 Å². The number of anilines is 2. The lowest BCUT2D eigenvalue weighted by molar-refractivity contribution is 0.765. The molecule has 3 rings (SSSR count). The molecule has 0 bridgehead atoms. The second kappa shape index (κ2) is 5.02. The maximum atomic E-state index is 9.39. The number of fused-ring (bicyclic) bond motifs is 1. The Balaban J connectivity index is 2.12. The van der Waals surface area contributed by atoms with E-state index >= 15 is 0 Å². The Bertz CT molecular complexity index is 695. The lowest BCUT2D eigenvalue weighted by Gasteiger charge is -2.32. The van der Waals surface area contributed by atoms with Crippen LogP contribution in [0.4, 0.5) is 11.4 Å². The maximum absolute atomic E-state index is 9.39. The van der Waals surface area contributed by atoms with Crippen molar-refractivity contribution in [3.8, 4) is 6.07 Å². The molecule has 2 nitrogen and oxygen atoms in total. The third-order valence-electron chi connectivity index (χ3n) is 3.92. The van der Waals surface area contributed by atoms with Gasteiger partial charge in [0.2, 0.25) is 0 Å². The molecule has 0 radical (unpaired) electrons. The van der Waals surface area contributed by atoms with Crippen molar-refractivity contribution in [2.24, 2.45) is 0 Å². The van der Waals surface area contributed by atoms with Crippen LogP contribution in [0.3, 0.4) is 0 Å². The fourth-order valence-electron chi connectivity index (χ4n) is 2.95. The molecule has 2 heteroatoms. The lowest BCUT2D eigenvalue weighted by atomic mass is 9.98. The summed E-state index contributed by atoms with van der Waals surface area (Å²) in [5.41, 5.74) is 6.87. The van der Waals surface area contributed by atoms with Crippen molar-refractivity contribution in [3.05, 3.63) is 58.7 Å². The Morgan fingerprint density at radius 1 is 1.00 bits per heavy atom. The molecule has 0 N–H and O–H groups in total. The quantitative estimate of drug-likeness (QED) is 0.767. The molecule has 100 valence electrons. The Labute approximate surface area is 120 Å². The first-order valence-electron chi connectivity index (χ1n) is 7.07. The Morgan fingerprint density at radius 2 is 1.70 bits per heavy atom. The third-order valence-corrected chi connectivity index (χ3v) is 3.92. The summed E-state index contributed by atoms with van der Waals surface area (Å²) in [7, 11) is 0. The number of hydrogen-bond acceptors (Lipinski definition) is 2. The Morgan fingerprint density at radius 3 is 2.45 bits per heavy atom. The normalized spacial score (nSPS) is 13.8. The van der Waals surface area contributed by atoms with Crippen LogP contribution < -0.4 is 4.90 Å². The predicted octanol–water partition coefficient (Wildman–Crippen LogP) is 4.26. The van der Waals surface area contributed by atoms with Gasteiger partial charge in [0.05, 0.1) is 11.3 Å². The van der Waals surface area contributed by atoms with Crippen LogP contribution in [0.25, 0.3) is 0 Å². The van der Waals surface area contributed by atoms with Crippen molar-refractivity contribution < 1.29 is 0 Å². The summed E-state index contributed by atoms with van der Waals surface area (Å²) < 4.78 is 0. The van der Waals surface area contributed by atoms with Crippen molar-refractivity contribution in [1.82, 2.24) is 0 Å². The maximum Gasteiger partial charge on any atom is 0.101 e. The second-order valence-corrected chi connectivity index (χ2v) is 5.52. The largest absolute Gasteiger partial charge is 0.340 e. The van der Waals surface area contributed by atoms with Gasteiger partial charge < -0.3 is 4.90 Å². The number of hydrogen-bond donors (Lipinski definition) is 0. The molecule has 1 aliphatic heterocycles. The van der Waals surface area contributed by atoms with Gasteiger partial charge in [0.15, 0.2) is 0 Å². The first-order chi connectivity index (χ1) is 9.69. The summed E-state index contributed by atoms with van der Waals surface area (Å²) in [4.78, 5) is 2.29. The number of nitriles is 1. The van der Waals surface area contributed by atoms with Gasteiger partial charge in [0.25, 0.3) is 0 Å². The summed E-state index contributed by atoms with van der Waals surface area (Å²) in [6, 6.07) is 15.1. The molecule has 0 spiro atoms. The highest BCUT2D eigenvalue weighted by Crippen LogP contribution is 2.35. The van der Waals surface area contributed by atoms with E-state index in [9.17, 15) is 5.26 Å². The van der Waals surface area contributed by atoms with E-state index < -0.39 is 0 Å². The van der Waals surface area contributed by atoms with Crippen molar-refractivity contribution in [1.29, 1.82) is 5.26 Å². The topological polar surface area (TPSA) is 27.0 Å². The molecule has 1 heterocycles. The van der Waals surface area contributed by atoms with Crippen LogP contribution in [-0.4, -0.2) is 6.54 Å². The van der Waals surface area contributed by atoms with E-state index in [2.05, 4.69) is 48.2 Å². The van der Waals surface area contributed by atoms with Crippen molar-refractivity contribution >= 4 is 11.4 Å². The number of rotatable bonds is 1. The van der Waals surface area contributed by atoms with E-state index in [-0.39, 0.29) is 0 Å². The molecule has 0 unspecified atom stereocenters. The molecule has 20 heavy (non-hydrogen) atoms. The van der Waals surface area contributed by atoms with Crippen LogP contribution in [0.15, 0.2) is 36.4 Å². The molecule has 0 aliphatic carbocycles. The predicted molar refractivity (Wildman–Crippen MR) is 82.4 cm³/mol. The Kier molecular flexibility index (Phi) is 3.20. The highest BCUT2D eigenvalue weighted by Gasteiger charge is 2.20. The molecule has 2 aromatic rings. The fourth-order valence-corrected chi connectivity index (χ4v) is 2.95. The molecular formula is C18H18N2. The first kappa shape index (κ1) is 12.7. The van der Waals surface area contributed by atoms with Crippen LogP contribution in [0.1, 0.15) is 28.7 Å². The Hall–Kier alpha value is -2.27. The average Bonchev–Trinajstić information content (AvgIpc) is 2.46. The molecule has 0 fully saturated rings. The lowest BCUT2D eigenvalue weighted by Crippen LogP contribution is -2.25. The summed E-state index contributed by atoms with van der Waals surface area (Å²) in [5.74, 6) is 0. The highest BCUT2D eigenvalue weighted by atomic mass is 15.1. The summed E-state index contributed by atoms with van der Waals surface area (Å²) >= 11 is 0. The molecule has 0 atom stereocenters. The zero-order chi connectivity index (χ0) is 14.1. The van der Waals surface area contributed by atoms with Gasteiger partial charge in [-0.15, -0.1) is 0 Å². The van der Waals surface area contributed by atoms with Crippen molar-refractivity contribution in [2.75, 3.05) is 11.4 Å². The standard InChI is InChI=1S/C18H18N2/c1-13-5-7-17-15(10-13)4-3-9-20(17)18-8-6-14(2)11-16(18)12-19/h5-8,10-11H,3-4,9H2,1-2H3. The summed E-state index contributed by atoms with van der Waals surface area (Å²) in [6.07, 6.45) is 2.26. The summed E-state index contributed by atoms with van der Waals surface area (Å²) in [6.45, 7) is 5.14. The zero-order valence-corrected chi connectivity index (χ0v) is 12.0. The fraction of sp³-hybridized carbons (Fsp3) is 0.278. The molecule has 0 saturated heterocycles. The van der Waals surface area contributed by atoms with E-state index in [1.165, 1.54) is 16.8 Å². The van der Waals surface area contributed by atoms with Gasteiger partial charge >= 0.3 is 0 Å². The molecule has 1 aliphatic rings. The number of benzene rings is 2.